The highest BCUT2D eigenvalue weighted by Gasteiger charge is 2.36. The summed E-state index contributed by atoms with van der Waals surface area (Å²) in [5.41, 5.74) is 0.313. The molecule has 3 nitrogen and oxygen atoms in total. The summed E-state index contributed by atoms with van der Waals surface area (Å²) in [4.78, 5) is 0. The summed E-state index contributed by atoms with van der Waals surface area (Å²) in [6.07, 6.45) is 0. The van der Waals surface area contributed by atoms with Crippen molar-refractivity contribution < 1.29 is 18.0 Å². The minimum absolute atomic E-state index is 0.157. The summed E-state index contributed by atoms with van der Waals surface area (Å²) in [7, 11) is -3.70. The zero-order valence-electron chi connectivity index (χ0n) is 9.43. The lowest BCUT2D eigenvalue weighted by molar-refractivity contribution is 0.190. The van der Waals surface area contributed by atoms with Crippen molar-refractivity contribution >= 4 is 7.60 Å². The third-order valence-corrected chi connectivity index (χ3v) is 4.06. The van der Waals surface area contributed by atoms with Gasteiger partial charge in [-0.1, -0.05) is 30.3 Å². The molecule has 1 unspecified atom stereocenters. The first-order valence-electron chi connectivity index (χ1n) is 5.22. The van der Waals surface area contributed by atoms with Crippen molar-refractivity contribution in [1.82, 2.24) is 0 Å². The van der Waals surface area contributed by atoms with E-state index in [0.29, 0.717) is 5.56 Å². The molecule has 1 aromatic rings. The molecule has 90 valence electrons. The van der Waals surface area contributed by atoms with Crippen molar-refractivity contribution in [2.45, 2.75) is 19.8 Å². The quantitative estimate of drug-likeness (QED) is 0.713. The van der Waals surface area contributed by atoms with Crippen LogP contribution in [0.15, 0.2) is 30.3 Å². The average Bonchev–Trinajstić information content (AvgIpc) is 2.30. The lowest BCUT2D eigenvalue weighted by atomic mass is 10.2. The maximum absolute atomic E-state index is 14.0. The Morgan fingerprint density at radius 1 is 1.19 bits per heavy atom. The molecule has 1 aromatic carbocycles. The molecule has 0 saturated heterocycles. The smallest absolute Gasteiger partial charge is 0.307 e. The molecule has 0 aliphatic heterocycles. The molecule has 0 aliphatic rings. The van der Waals surface area contributed by atoms with Crippen LogP contribution in [0.3, 0.4) is 0 Å². The molecule has 0 N–H and O–H groups in total. The van der Waals surface area contributed by atoms with E-state index in [1.54, 1.807) is 44.2 Å². The average molecular weight is 246 g/mol. The molecule has 5 heteroatoms. The third kappa shape index (κ3) is 3.14. The van der Waals surface area contributed by atoms with Crippen LogP contribution in [-0.4, -0.2) is 13.2 Å². The molecular formula is C11H16FO3P. The molecule has 0 saturated carbocycles. The van der Waals surface area contributed by atoms with Gasteiger partial charge in [0.15, 0.2) is 0 Å². The van der Waals surface area contributed by atoms with E-state index in [2.05, 4.69) is 0 Å². The number of hydrogen-bond acceptors (Lipinski definition) is 3. The van der Waals surface area contributed by atoms with Crippen molar-refractivity contribution in [2.24, 2.45) is 0 Å². The second kappa shape index (κ2) is 6.14. The van der Waals surface area contributed by atoms with Gasteiger partial charge in [-0.3, -0.25) is 4.57 Å². The van der Waals surface area contributed by atoms with Crippen LogP contribution in [0, 0.1) is 0 Å². The van der Waals surface area contributed by atoms with Gasteiger partial charge in [-0.15, -0.1) is 0 Å². The van der Waals surface area contributed by atoms with Crippen molar-refractivity contribution in [3.63, 3.8) is 0 Å². The standard InChI is InChI=1S/C11H16FO3P/c1-3-14-16(13,15-4-2)11(12)10-8-6-5-7-9-10/h5-9,11H,3-4H2,1-2H3. The Hall–Kier alpha value is -0.700. The Labute approximate surface area is 95.1 Å². The van der Waals surface area contributed by atoms with E-state index in [-0.39, 0.29) is 13.2 Å². The molecule has 0 bridgehead atoms. The highest BCUT2D eigenvalue weighted by atomic mass is 31.2. The number of benzene rings is 1. The van der Waals surface area contributed by atoms with Crippen molar-refractivity contribution in [3.8, 4) is 0 Å². The van der Waals surface area contributed by atoms with Gasteiger partial charge >= 0.3 is 7.60 Å². The van der Waals surface area contributed by atoms with Crippen LogP contribution in [0.4, 0.5) is 4.39 Å². The second-order valence-electron chi connectivity index (χ2n) is 3.12. The molecule has 0 radical (unpaired) electrons. The highest BCUT2D eigenvalue weighted by molar-refractivity contribution is 7.54. The van der Waals surface area contributed by atoms with Crippen LogP contribution in [0.5, 0.6) is 0 Å². The van der Waals surface area contributed by atoms with E-state index in [1.165, 1.54) is 0 Å². The fourth-order valence-corrected chi connectivity index (χ4v) is 2.92. The Morgan fingerprint density at radius 2 is 1.69 bits per heavy atom. The molecule has 0 aliphatic carbocycles. The van der Waals surface area contributed by atoms with E-state index >= 15 is 0 Å². The molecular weight excluding hydrogens is 230 g/mol. The van der Waals surface area contributed by atoms with Crippen LogP contribution in [0.1, 0.15) is 25.3 Å². The minimum Gasteiger partial charge on any atom is -0.307 e. The van der Waals surface area contributed by atoms with Crippen LogP contribution >= 0.6 is 7.60 Å². The molecule has 0 spiro atoms. The monoisotopic (exact) mass is 246 g/mol. The van der Waals surface area contributed by atoms with Gasteiger partial charge in [-0.2, -0.15) is 0 Å². The van der Waals surface area contributed by atoms with Crippen LogP contribution in [0.25, 0.3) is 0 Å². The molecule has 16 heavy (non-hydrogen) atoms. The van der Waals surface area contributed by atoms with Gasteiger partial charge in [-0.05, 0) is 19.4 Å². The molecule has 0 fully saturated rings. The molecule has 1 atom stereocenters. The normalized spacial score (nSPS) is 13.7. The van der Waals surface area contributed by atoms with Crippen LogP contribution in [0.2, 0.25) is 0 Å². The van der Waals surface area contributed by atoms with Gasteiger partial charge in [0, 0.05) is 0 Å². The van der Waals surface area contributed by atoms with Gasteiger partial charge in [-0.25, -0.2) is 4.39 Å². The highest BCUT2D eigenvalue weighted by Crippen LogP contribution is 2.61. The predicted molar refractivity (Wildman–Crippen MR) is 61.1 cm³/mol. The van der Waals surface area contributed by atoms with Gasteiger partial charge in [0.05, 0.1) is 13.2 Å². The van der Waals surface area contributed by atoms with Gasteiger partial charge in [0.25, 0.3) is 0 Å². The van der Waals surface area contributed by atoms with Crippen LogP contribution in [-0.2, 0) is 13.6 Å². The Kier molecular flexibility index (Phi) is 5.13. The largest absolute Gasteiger partial charge is 0.369 e. The van der Waals surface area contributed by atoms with E-state index in [1.807, 2.05) is 0 Å². The second-order valence-corrected chi connectivity index (χ2v) is 5.17. The SMILES string of the molecule is CCOP(=O)(OCC)C(F)c1ccccc1. The first kappa shape index (κ1) is 13.4. The Bertz CT molecular complexity index is 346. The summed E-state index contributed by atoms with van der Waals surface area (Å²) in [6.45, 7) is 3.63. The van der Waals surface area contributed by atoms with E-state index in [0.717, 1.165) is 0 Å². The Balaban J connectivity index is 2.91. The molecule has 0 aromatic heterocycles. The summed E-state index contributed by atoms with van der Waals surface area (Å²) in [5.74, 6) is -1.73. The minimum atomic E-state index is -3.70. The lowest BCUT2D eigenvalue weighted by Crippen LogP contribution is -2.02. The molecule has 0 heterocycles. The van der Waals surface area contributed by atoms with Gasteiger partial charge < -0.3 is 9.05 Å². The first-order chi connectivity index (χ1) is 7.64. The van der Waals surface area contributed by atoms with Crippen LogP contribution < -0.4 is 0 Å². The topological polar surface area (TPSA) is 35.5 Å². The summed E-state index contributed by atoms with van der Waals surface area (Å²) >= 11 is 0. The van der Waals surface area contributed by atoms with Crippen molar-refractivity contribution in [2.75, 3.05) is 13.2 Å². The lowest BCUT2D eigenvalue weighted by Gasteiger charge is -2.20. The van der Waals surface area contributed by atoms with E-state index < -0.39 is 13.5 Å². The summed E-state index contributed by atoms with van der Waals surface area (Å²) < 4.78 is 36.0. The zero-order valence-corrected chi connectivity index (χ0v) is 10.3. The van der Waals surface area contributed by atoms with Crippen molar-refractivity contribution in [1.29, 1.82) is 0 Å². The summed E-state index contributed by atoms with van der Waals surface area (Å²) in [6, 6.07) is 8.27. The zero-order chi connectivity index (χ0) is 12.0. The van der Waals surface area contributed by atoms with E-state index in [4.69, 9.17) is 9.05 Å². The van der Waals surface area contributed by atoms with E-state index in [9.17, 15) is 8.96 Å². The maximum atomic E-state index is 14.0. The molecule has 1 rings (SSSR count). The third-order valence-electron chi connectivity index (χ3n) is 1.97. The first-order valence-corrected chi connectivity index (χ1v) is 6.83. The fourth-order valence-electron chi connectivity index (χ4n) is 1.32. The maximum Gasteiger partial charge on any atom is 0.369 e. The number of alkyl halides is 1. The predicted octanol–water partition coefficient (Wildman–Crippen LogP) is 3.92. The molecule has 0 amide bonds. The number of rotatable bonds is 6. The van der Waals surface area contributed by atoms with Gasteiger partial charge in [0.2, 0.25) is 5.91 Å². The summed E-state index contributed by atoms with van der Waals surface area (Å²) in [5, 5.41) is 0. The van der Waals surface area contributed by atoms with Gasteiger partial charge in [0.1, 0.15) is 0 Å². The number of hydrogen-bond donors (Lipinski definition) is 0. The Morgan fingerprint density at radius 3 is 2.12 bits per heavy atom. The van der Waals surface area contributed by atoms with Crippen molar-refractivity contribution in [3.05, 3.63) is 35.9 Å². The number of halogens is 1. The fraction of sp³-hybridized carbons (Fsp3) is 0.455.